The summed E-state index contributed by atoms with van der Waals surface area (Å²) in [5.41, 5.74) is 0. The molecule has 1 fully saturated rings. The number of carbonyl (C=O) groups is 1. The van der Waals surface area contributed by atoms with Crippen molar-refractivity contribution in [3.8, 4) is 0 Å². The molecule has 0 aromatic carbocycles. The van der Waals surface area contributed by atoms with Gasteiger partial charge in [0.2, 0.25) is 5.95 Å². The van der Waals surface area contributed by atoms with Gasteiger partial charge < -0.3 is 10.0 Å². The Morgan fingerprint density at radius 3 is 2.81 bits per heavy atom. The fraction of sp³-hybridized carbons (Fsp3) is 0.500. The van der Waals surface area contributed by atoms with Gasteiger partial charge in [-0.25, -0.2) is 9.97 Å². The molecule has 1 N–H and O–H groups in total. The topological polar surface area (TPSA) is 66.3 Å². The number of nitrogens with zero attached hydrogens (tertiary/aromatic N) is 3. The molecule has 1 atom stereocenters. The van der Waals surface area contributed by atoms with Crippen LogP contribution >= 0.6 is 15.9 Å². The van der Waals surface area contributed by atoms with Crippen molar-refractivity contribution in [1.29, 1.82) is 0 Å². The first-order valence-corrected chi connectivity index (χ1v) is 5.91. The van der Waals surface area contributed by atoms with E-state index in [1.807, 2.05) is 4.90 Å². The zero-order valence-electron chi connectivity index (χ0n) is 8.64. The van der Waals surface area contributed by atoms with Crippen LogP contribution in [0, 0.1) is 5.92 Å². The molecule has 0 amide bonds. The van der Waals surface area contributed by atoms with E-state index in [1.54, 1.807) is 12.4 Å². The van der Waals surface area contributed by atoms with Crippen molar-refractivity contribution >= 4 is 27.8 Å². The second-order valence-electron chi connectivity index (χ2n) is 3.82. The number of piperidine rings is 1. The van der Waals surface area contributed by atoms with Crippen LogP contribution in [0.1, 0.15) is 12.8 Å². The Morgan fingerprint density at radius 1 is 1.50 bits per heavy atom. The third-order valence-electron chi connectivity index (χ3n) is 2.66. The summed E-state index contributed by atoms with van der Waals surface area (Å²) in [7, 11) is 0. The molecule has 86 valence electrons. The first-order chi connectivity index (χ1) is 7.66. The summed E-state index contributed by atoms with van der Waals surface area (Å²) in [6.07, 6.45) is 4.96. The number of aliphatic carboxylic acids is 1. The Labute approximate surface area is 102 Å². The maximum absolute atomic E-state index is 10.9. The Morgan fingerprint density at radius 2 is 2.19 bits per heavy atom. The van der Waals surface area contributed by atoms with Crippen molar-refractivity contribution < 1.29 is 9.90 Å². The number of aromatic nitrogens is 2. The molecule has 2 heterocycles. The van der Waals surface area contributed by atoms with Crippen LogP contribution in [0.2, 0.25) is 0 Å². The van der Waals surface area contributed by atoms with Crippen molar-refractivity contribution in [2.75, 3.05) is 18.0 Å². The van der Waals surface area contributed by atoms with Crippen LogP contribution in [-0.2, 0) is 4.79 Å². The molecule has 6 heteroatoms. The highest BCUT2D eigenvalue weighted by atomic mass is 79.9. The summed E-state index contributed by atoms with van der Waals surface area (Å²) in [4.78, 5) is 21.2. The number of rotatable bonds is 2. The number of carboxylic acids is 1. The summed E-state index contributed by atoms with van der Waals surface area (Å²) < 4.78 is 0.822. The van der Waals surface area contributed by atoms with Gasteiger partial charge in [-0.15, -0.1) is 0 Å². The minimum absolute atomic E-state index is 0.305. The lowest BCUT2D eigenvalue weighted by atomic mass is 9.99. The monoisotopic (exact) mass is 285 g/mol. The first-order valence-electron chi connectivity index (χ1n) is 5.12. The Hall–Kier alpha value is -1.17. The number of carboxylic acid groups (broad SMARTS) is 1. The highest BCUT2D eigenvalue weighted by Gasteiger charge is 2.26. The number of anilines is 1. The van der Waals surface area contributed by atoms with Crippen molar-refractivity contribution in [3.05, 3.63) is 16.9 Å². The summed E-state index contributed by atoms with van der Waals surface area (Å²) in [6, 6.07) is 0. The Balaban J connectivity index is 2.09. The third kappa shape index (κ3) is 2.49. The van der Waals surface area contributed by atoms with Gasteiger partial charge in [-0.3, -0.25) is 4.79 Å². The summed E-state index contributed by atoms with van der Waals surface area (Å²) in [5, 5.41) is 8.97. The summed E-state index contributed by atoms with van der Waals surface area (Å²) in [6.45, 7) is 1.32. The minimum Gasteiger partial charge on any atom is -0.481 e. The van der Waals surface area contributed by atoms with E-state index < -0.39 is 5.97 Å². The lowest BCUT2D eigenvalue weighted by molar-refractivity contribution is -0.141. The zero-order valence-corrected chi connectivity index (χ0v) is 10.2. The molecule has 5 nitrogen and oxygen atoms in total. The van der Waals surface area contributed by atoms with E-state index in [2.05, 4.69) is 25.9 Å². The zero-order chi connectivity index (χ0) is 11.5. The van der Waals surface area contributed by atoms with Crippen LogP contribution in [0.5, 0.6) is 0 Å². The quantitative estimate of drug-likeness (QED) is 0.893. The number of hydrogen-bond acceptors (Lipinski definition) is 4. The molecule has 1 aliphatic heterocycles. The maximum atomic E-state index is 10.9. The fourth-order valence-electron chi connectivity index (χ4n) is 1.83. The second-order valence-corrected chi connectivity index (χ2v) is 4.74. The molecule has 16 heavy (non-hydrogen) atoms. The molecule has 0 aliphatic carbocycles. The van der Waals surface area contributed by atoms with Gasteiger partial charge >= 0.3 is 5.97 Å². The summed E-state index contributed by atoms with van der Waals surface area (Å²) >= 11 is 3.27. The van der Waals surface area contributed by atoms with Crippen LogP contribution in [0.3, 0.4) is 0 Å². The van der Waals surface area contributed by atoms with Crippen LogP contribution in [-0.4, -0.2) is 34.1 Å². The van der Waals surface area contributed by atoms with Crippen molar-refractivity contribution in [2.45, 2.75) is 12.8 Å². The van der Waals surface area contributed by atoms with Crippen molar-refractivity contribution in [2.24, 2.45) is 5.92 Å². The molecule has 1 aliphatic rings. The molecule has 0 saturated carbocycles. The van der Waals surface area contributed by atoms with E-state index in [0.29, 0.717) is 12.5 Å². The van der Waals surface area contributed by atoms with E-state index in [9.17, 15) is 4.79 Å². The number of hydrogen-bond donors (Lipinski definition) is 1. The molecule has 0 unspecified atom stereocenters. The average molecular weight is 286 g/mol. The molecule has 1 aromatic heterocycles. The first kappa shape index (κ1) is 11.3. The van der Waals surface area contributed by atoms with Crippen LogP contribution < -0.4 is 4.90 Å². The van der Waals surface area contributed by atoms with E-state index >= 15 is 0 Å². The van der Waals surface area contributed by atoms with Gasteiger partial charge in [0, 0.05) is 25.5 Å². The van der Waals surface area contributed by atoms with Crippen LogP contribution in [0.25, 0.3) is 0 Å². The predicted octanol–water partition coefficient (Wildman–Crippen LogP) is 1.54. The lowest BCUT2D eigenvalue weighted by Gasteiger charge is -2.30. The van der Waals surface area contributed by atoms with Gasteiger partial charge in [0.1, 0.15) is 0 Å². The maximum Gasteiger partial charge on any atom is 0.308 e. The molecule has 2 rings (SSSR count). The molecule has 0 radical (unpaired) electrons. The van der Waals surface area contributed by atoms with Crippen molar-refractivity contribution in [1.82, 2.24) is 9.97 Å². The van der Waals surface area contributed by atoms with Gasteiger partial charge in [-0.2, -0.15) is 0 Å². The SMILES string of the molecule is O=C(O)[C@@H]1CCCN(c2ncc(Br)cn2)C1. The molecule has 0 spiro atoms. The Bertz CT molecular complexity index is 382. The van der Waals surface area contributed by atoms with Crippen LogP contribution in [0.4, 0.5) is 5.95 Å². The smallest absolute Gasteiger partial charge is 0.308 e. The molecular weight excluding hydrogens is 274 g/mol. The van der Waals surface area contributed by atoms with Gasteiger partial charge in [0.25, 0.3) is 0 Å². The van der Waals surface area contributed by atoms with E-state index in [1.165, 1.54) is 0 Å². The van der Waals surface area contributed by atoms with Crippen LogP contribution in [0.15, 0.2) is 16.9 Å². The number of halogens is 1. The standard InChI is InChI=1S/C10H12BrN3O2/c11-8-4-12-10(13-5-8)14-3-1-2-7(6-14)9(15)16/h4-5,7H,1-3,6H2,(H,15,16)/t7-/m1/s1. The van der Waals surface area contributed by atoms with E-state index in [4.69, 9.17) is 5.11 Å². The van der Waals surface area contributed by atoms with E-state index in [0.717, 1.165) is 23.9 Å². The van der Waals surface area contributed by atoms with Gasteiger partial charge in [0.05, 0.1) is 10.4 Å². The third-order valence-corrected chi connectivity index (χ3v) is 3.07. The predicted molar refractivity (Wildman–Crippen MR) is 62.3 cm³/mol. The van der Waals surface area contributed by atoms with Gasteiger partial charge in [-0.1, -0.05) is 0 Å². The second kappa shape index (κ2) is 4.78. The lowest BCUT2D eigenvalue weighted by Crippen LogP contribution is -2.39. The highest BCUT2D eigenvalue weighted by Crippen LogP contribution is 2.20. The Kier molecular flexibility index (Phi) is 3.38. The van der Waals surface area contributed by atoms with Crippen molar-refractivity contribution in [3.63, 3.8) is 0 Å². The van der Waals surface area contributed by atoms with Gasteiger partial charge in [0.15, 0.2) is 0 Å². The van der Waals surface area contributed by atoms with Gasteiger partial charge in [-0.05, 0) is 28.8 Å². The molecule has 1 saturated heterocycles. The largest absolute Gasteiger partial charge is 0.481 e. The normalized spacial score (nSPS) is 20.8. The fourth-order valence-corrected chi connectivity index (χ4v) is 2.03. The van der Waals surface area contributed by atoms with E-state index in [-0.39, 0.29) is 5.92 Å². The summed E-state index contributed by atoms with van der Waals surface area (Å²) in [5.74, 6) is -0.433. The average Bonchev–Trinajstić information content (AvgIpc) is 2.30. The molecule has 1 aromatic rings. The highest BCUT2D eigenvalue weighted by molar-refractivity contribution is 9.10. The minimum atomic E-state index is -0.734. The molecule has 0 bridgehead atoms. The molecular formula is C10H12BrN3O2.